The molecule has 0 bridgehead atoms. The highest BCUT2D eigenvalue weighted by atomic mass is 16.5. The lowest BCUT2D eigenvalue weighted by Gasteiger charge is -2.09. The van der Waals surface area contributed by atoms with Gasteiger partial charge in [0.25, 0.3) is 11.6 Å². The van der Waals surface area contributed by atoms with Crippen molar-refractivity contribution >= 4 is 17.0 Å². The largest absolute Gasteiger partial charge is 0.494 e. The van der Waals surface area contributed by atoms with Gasteiger partial charge in [-0.1, -0.05) is 29.4 Å². The van der Waals surface area contributed by atoms with Crippen LogP contribution in [0.3, 0.4) is 0 Å². The van der Waals surface area contributed by atoms with Gasteiger partial charge in [0.1, 0.15) is 22.7 Å². The summed E-state index contributed by atoms with van der Waals surface area (Å²) in [5.41, 5.74) is 5.04. The molecule has 170 valence electrons. The van der Waals surface area contributed by atoms with E-state index in [-0.39, 0.29) is 18.4 Å². The van der Waals surface area contributed by atoms with Crippen LogP contribution in [0.15, 0.2) is 47.0 Å². The van der Waals surface area contributed by atoms with Crippen molar-refractivity contribution in [3.05, 3.63) is 65.0 Å². The standard InChI is InChI=1S/C25H26N4O4/c1-5-31-20-10-7-18(8-11-20)13-26-21(30)14-32-24-22-23(19-9-6-15(2)16(3)12-19)29-33-25(22)28-17(4)27-24/h6-12H,5,13-14H2,1-4H3,(H,26,30). The summed E-state index contributed by atoms with van der Waals surface area (Å²) in [6.45, 7) is 8.55. The number of carbonyl (C=O) groups is 1. The highest BCUT2D eigenvalue weighted by Gasteiger charge is 2.20. The highest BCUT2D eigenvalue weighted by molar-refractivity contribution is 5.93. The molecule has 1 amide bonds. The second kappa shape index (κ2) is 9.68. The summed E-state index contributed by atoms with van der Waals surface area (Å²) in [6.07, 6.45) is 0. The van der Waals surface area contributed by atoms with E-state index < -0.39 is 0 Å². The molecule has 0 aliphatic rings. The van der Waals surface area contributed by atoms with Crippen molar-refractivity contribution in [1.29, 1.82) is 0 Å². The zero-order chi connectivity index (χ0) is 23.4. The molecule has 0 aliphatic carbocycles. The monoisotopic (exact) mass is 446 g/mol. The Balaban J connectivity index is 1.48. The fourth-order valence-corrected chi connectivity index (χ4v) is 3.37. The van der Waals surface area contributed by atoms with Gasteiger partial charge in [0.2, 0.25) is 5.88 Å². The molecular weight excluding hydrogens is 420 g/mol. The molecule has 2 aromatic heterocycles. The van der Waals surface area contributed by atoms with Crippen molar-refractivity contribution in [1.82, 2.24) is 20.4 Å². The van der Waals surface area contributed by atoms with Gasteiger partial charge in [0.15, 0.2) is 6.61 Å². The van der Waals surface area contributed by atoms with Crippen LogP contribution in [0, 0.1) is 20.8 Å². The maximum absolute atomic E-state index is 12.4. The summed E-state index contributed by atoms with van der Waals surface area (Å²) in [7, 11) is 0. The van der Waals surface area contributed by atoms with E-state index in [1.807, 2.05) is 63.2 Å². The second-order valence-electron chi connectivity index (χ2n) is 7.73. The summed E-state index contributed by atoms with van der Waals surface area (Å²) in [6, 6.07) is 13.6. The maximum Gasteiger partial charge on any atom is 0.265 e. The number of hydrogen-bond donors (Lipinski definition) is 1. The molecule has 0 aliphatic heterocycles. The Labute approximate surface area is 191 Å². The number of nitrogens with one attached hydrogen (secondary N) is 1. The van der Waals surface area contributed by atoms with Crippen molar-refractivity contribution in [2.75, 3.05) is 13.2 Å². The van der Waals surface area contributed by atoms with Crippen LogP contribution >= 0.6 is 0 Å². The van der Waals surface area contributed by atoms with Crippen LogP contribution in [0.1, 0.15) is 29.4 Å². The third-order valence-electron chi connectivity index (χ3n) is 5.26. The van der Waals surface area contributed by atoms with E-state index in [1.165, 1.54) is 5.56 Å². The third kappa shape index (κ3) is 5.11. The Morgan fingerprint density at radius 3 is 2.52 bits per heavy atom. The molecular formula is C25H26N4O4. The Bertz CT molecular complexity index is 1280. The number of nitrogens with zero attached hydrogens (tertiary/aromatic N) is 3. The number of aryl methyl sites for hydroxylation is 3. The van der Waals surface area contributed by atoms with Crippen molar-refractivity contribution in [3.63, 3.8) is 0 Å². The molecule has 0 saturated carbocycles. The summed E-state index contributed by atoms with van der Waals surface area (Å²) < 4.78 is 16.7. The van der Waals surface area contributed by atoms with Gasteiger partial charge >= 0.3 is 0 Å². The smallest absolute Gasteiger partial charge is 0.265 e. The molecule has 0 fully saturated rings. The molecule has 4 aromatic rings. The molecule has 33 heavy (non-hydrogen) atoms. The van der Waals surface area contributed by atoms with E-state index in [0.29, 0.717) is 35.8 Å². The van der Waals surface area contributed by atoms with Crippen molar-refractivity contribution in [2.24, 2.45) is 0 Å². The minimum Gasteiger partial charge on any atom is -0.494 e. The predicted octanol–water partition coefficient (Wildman–Crippen LogP) is 4.30. The van der Waals surface area contributed by atoms with Crippen molar-refractivity contribution in [3.8, 4) is 22.9 Å². The minimum absolute atomic E-state index is 0.194. The first-order valence-corrected chi connectivity index (χ1v) is 10.8. The molecule has 0 spiro atoms. The summed E-state index contributed by atoms with van der Waals surface area (Å²) >= 11 is 0. The highest BCUT2D eigenvalue weighted by Crippen LogP contribution is 2.33. The lowest BCUT2D eigenvalue weighted by atomic mass is 10.0. The maximum atomic E-state index is 12.4. The number of ether oxygens (including phenoxy) is 2. The van der Waals surface area contributed by atoms with Crippen LogP contribution in [0.5, 0.6) is 11.6 Å². The SMILES string of the molecule is CCOc1ccc(CNC(=O)COc2nc(C)nc3onc(-c4ccc(C)c(C)c4)c23)cc1. The van der Waals surface area contributed by atoms with E-state index in [9.17, 15) is 4.79 Å². The molecule has 8 heteroatoms. The van der Waals surface area contributed by atoms with E-state index in [1.54, 1.807) is 6.92 Å². The van der Waals surface area contributed by atoms with Gasteiger partial charge in [-0.15, -0.1) is 0 Å². The summed E-state index contributed by atoms with van der Waals surface area (Å²) in [5, 5.41) is 7.59. The number of fused-ring (bicyclic) bond motifs is 1. The number of carbonyl (C=O) groups excluding carboxylic acids is 1. The van der Waals surface area contributed by atoms with Crippen LogP contribution in [-0.4, -0.2) is 34.2 Å². The van der Waals surface area contributed by atoms with Crippen LogP contribution in [0.2, 0.25) is 0 Å². The summed E-state index contributed by atoms with van der Waals surface area (Å²) in [4.78, 5) is 21.1. The number of aromatic nitrogens is 3. The average molecular weight is 447 g/mol. The molecule has 8 nitrogen and oxygen atoms in total. The Morgan fingerprint density at radius 1 is 1.00 bits per heavy atom. The molecule has 0 saturated heterocycles. The van der Waals surface area contributed by atoms with Gasteiger partial charge in [-0.2, -0.15) is 9.97 Å². The Morgan fingerprint density at radius 2 is 1.79 bits per heavy atom. The van der Waals surface area contributed by atoms with E-state index >= 15 is 0 Å². The van der Waals surface area contributed by atoms with E-state index in [4.69, 9.17) is 14.0 Å². The molecule has 0 radical (unpaired) electrons. The van der Waals surface area contributed by atoms with Crippen molar-refractivity contribution < 1.29 is 18.8 Å². The van der Waals surface area contributed by atoms with Crippen LogP contribution in [0.25, 0.3) is 22.4 Å². The van der Waals surface area contributed by atoms with Gasteiger partial charge in [-0.05, 0) is 62.6 Å². The van der Waals surface area contributed by atoms with Crippen LogP contribution in [0.4, 0.5) is 0 Å². The molecule has 4 rings (SSSR count). The Kier molecular flexibility index (Phi) is 6.53. The normalized spacial score (nSPS) is 10.9. The Hall–Kier alpha value is -3.94. The number of rotatable bonds is 8. The van der Waals surface area contributed by atoms with Gasteiger partial charge < -0.3 is 19.3 Å². The first kappa shape index (κ1) is 22.3. The third-order valence-corrected chi connectivity index (χ3v) is 5.26. The number of hydrogen-bond acceptors (Lipinski definition) is 7. The fraction of sp³-hybridized carbons (Fsp3) is 0.280. The molecule has 2 heterocycles. The fourth-order valence-electron chi connectivity index (χ4n) is 3.37. The molecule has 1 N–H and O–H groups in total. The number of benzene rings is 2. The van der Waals surface area contributed by atoms with Gasteiger partial charge in [-0.3, -0.25) is 4.79 Å². The topological polar surface area (TPSA) is 99.4 Å². The zero-order valence-corrected chi connectivity index (χ0v) is 19.1. The van der Waals surface area contributed by atoms with E-state index in [0.717, 1.165) is 22.4 Å². The molecule has 2 aromatic carbocycles. The lowest BCUT2D eigenvalue weighted by molar-refractivity contribution is -0.123. The van der Waals surface area contributed by atoms with Crippen molar-refractivity contribution in [2.45, 2.75) is 34.2 Å². The predicted molar refractivity (Wildman–Crippen MR) is 124 cm³/mol. The first-order chi connectivity index (χ1) is 15.9. The quantitative estimate of drug-likeness (QED) is 0.431. The molecule has 0 atom stereocenters. The average Bonchev–Trinajstić information content (AvgIpc) is 3.23. The van der Waals surface area contributed by atoms with Crippen LogP contribution < -0.4 is 14.8 Å². The van der Waals surface area contributed by atoms with Crippen LogP contribution in [-0.2, 0) is 11.3 Å². The zero-order valence-electron chi connectivity index (χ0n) is 19.1. The second-order valence-corrected chi connectivity index (χ2v) is 7.73. The van der Waals surface area contributed by atoms with Gasteiger partial charge in [0.05, 0.1) is 6.61 Å². The number of amides is 1. The minimum atomic E-state index is -0.266. The van der Waals surface area contributed by atoms with Gasteiger partial charge in [-0.25, -0.2) is 0 Å². The lowest BCUT2D eigenvalue weighted by Crippen LogP contribution is -2.28. The van der Waals surface area contributed by atoms with E-state index in [2.05, 4.69) is 20.4 Å². The summed E-state index contributed by atoms with van der Waals surface area (Å²) in [5.74, 6) is 1.27. The molecule has 0 unspecified atom stereocenters. The first-order valence-electron chi connectivity index (χ1n) is 10.8. The van der Waals surface area contributed by atoms with Gasteiger partial charge in [0, 0.05) is 12.1 Å².